The average molecular weight is 163 g/mol. The molecule has 0 radical (unpaired) electrons. The Labute approximate surface area is 54.4 Å². The third-order valence-corrected chi connectivity index (χ3v) is 1.80. The van der Waals surface area contributed by atoms with E-state index in [1.165, 1.54) is 7.11 Å². The fourth-order valence-corrected chi connectivity index (χ4v) is 0.655. The quantitative estimate of drug-likeness (QED) is 0.569. The van der Waals surface area contributed by atoms with Crippen molar-refractivity contribution < 1.29 is 8.39 Å². The molecular weight excluding hydrogens is 159 g/mol. The maximum absolute atomic E-state index is 10.1. The normalized spacial score (nSPS) is 14.9. The van der Waals surface area contributed by atoms with Crippen LogP contribution >= 0.6 is 23.2 Å². The predicted octanol–water partition coefficient (Wildman–Crippen LogP) is 1.06. The first-order valence-electron chi connectivity index (χ1n) is 1.41. The first-order valence-corrected chi connectivity index (χ1v) is 3.42. The van der Waals surface area contributed by atoms with Crippen molar-refractivity contribution in [3.8, 4) is 0 Å². The Morgan fingerprint density at radius 1 is 1.71 bits per heavy atom. The van der Waals surface area contributed by atoms with E-state index in [-0.39, 0.29) is 0 Å². The van der Waals surface area contributed by atoms with Gasteiger partial charge in [-0.15, -0.1) is 0 Å². The standard InChI is InChI=1S/C2H4Cl2O2S/c1-6-7(5)2(3)4/h2H,1H3. The van der Waals surface area contributed by atoms with Crippen LogP contribution in [0.3, 0.4) is 0 Å². The maximum Gasteiger partial charge on any atom is 0.207 e. The van der Waals surface area contributed by atoms with Crippen LogP contribution in [0.1, 0.15) is 0 Å². The Balaban J connectivity index is 3.35. The molecule has 0 saturated carbocycles. The molecule has 0 aromatic rings. The molecule has 0 rings (SSSR count). The van der Waals surface area contributed by atoms with E-state index in [1.807, 2.05) is 0 Å². The van der Waals surface area contributed by atoms with Gasteiger partial charge in [0, 0.05) is 0 Å². The molecule has 0 aromatic carbocycles. The van der Waals surface area contributed by atoms with Crippen molar-refractivity contribution in [3.05, 3.63) is 0 Å². The first-order chi connectivity index (χ1) is 3.18. The molecule has 0 amide bonds. The fourth-order valence-electron chi connectivity index (χ4n) is 0.0727. The number of rotatable bonds is 2. The molecule has 0 fully saturated rings. The van der Waals surface area contributed by atoms with Gasteiger partial charge in [-0.2, -0.15) is 0 Å². The van der Waals surface area contributed by atoms with Gasteiger partial charge in [-0.25, -0.2) is 4.21 Å². The SMILES string of the molecule is COS(=O)C(Cl)Cl. The molecule has 0 saturated heterocycles. The lowest BCUT2D eigenvalue weighted by atomic mass is 11.8. The van der Waals surface area contributed by atoms with Crippen LogP contribution in [0.2, 0.25) is 0 Å². The van der Waals surface area contributed by atoms with Crippen molar-refractivity contribution in [1.82, 2.24) is 0 Å². The maximum atomic E-state index is 10.1. The van der Waals surface area contributed by atoms with Crippen molar-refractivity contribution in [2.24, 2.45) is 0 Å². The summed E-state index contributed by atoms with van der Waals surface area (Å²) in [6.07, 6.45) is 0. The second kappa shape index (κ2) is 3.66. The van der Waals surface area contributed by atoms with Gasteiger partial charge in [0.15, 0.2) is 11.1 Å². The molecule has 0 aliphatic carbocycles. The lowest BCUT2D eigenvalue weighted by molar-refractivity contribution is 0.447. The van der Waals surface area contributed by atoms with E-state index in [1.54, 1.807) is 0 Å². The highest BCUT2D eigenvalue weighted by Gasteiger charge is 2.05. The van der Waals surface area contributed by atoms with E-state index in [0.717, 1.165) is 0 Å². The molecule has 1 unspecified atom stereocenters. The van der Waals surface area contributed by atoms with Crippen molar-refractivity contribution in [1.29, 1.82) is 0 Å². The van der Waals surface area contributed by atoms with Gasteiger partial charge >= 0.3 is 0 Å². The molecule has 0 spiro atoms. The molecule has 0 N–H and O–H groups in total. The minimum atomic E-state index is -1.55. The molecule has 0 aromatic heterocycles. The minimum absolute atomic E-state index is 0.940. The smallest absolute Gasteiger partial charge is 0.207 e. The van der Waals surface area contributed by atoms with Crippen LogP contribution in [0.4, 0.5) is 0 Å². The van der Waals surface area contributed by atoms with Gasteiger partial charge in [0.1, 0.15) is 0 Å². The molecule has 1 atom stereocenters. The van der Waals surface area contributed by atoms with Crippen molar-refractivity contribution in [2.45, 2.75) is 4.17 Å². The Hall–Kier alpha value is 0.690. The molecule has 44 valence electrons. The van der Waals surface area contributed by atoms with Gasteiger partial charge in [0.2, 0.25) is 4.17 Å². The van der Waals surface area contributed by atoms with Crippen LogP contribution in [0.25, 0.3) is 0 Å². The lowest BCUT2D eigenvalue weighted by Crippen LogP contribution is -1.99. The van der Waals surface area contributed by atoms with Crippen LogP contribution in [0.15, 0.2) is 0 Å². The number of halogens is 2. The third kappa shape index (κ3) is 3.29. The zero-order valence-corrected chi connectivity index (χ0v) is 5.89. The molecule has 7 heavy (non-hydrogen) atoms. The average Bonchev–Trinajstić information content (AvgIpc) is 1.65. The summed E-state index contributed by atoms with van der Waals surface area (Å²) in [6.45, 7) is 0. The van der Waals surface area contributed by atoms with Gasteiger partial charge in [0.05, 0.1) is 7.11 Å². The second-order valence-electron chi connectivity index (χ2n) is 0.688. The monoisotopic (exact) mass is 162 g/mol. The lowest BCUT2D eigenvalue weighted by Gasteiger charge is -1.93. The van der Waals surface area contributed by atoms with E-state index < -0.39 is 15.2 Å². The summed E-state index contributed by atoms with van der Waals surface area (Å²) >= 11 is 8.59. The van der Waals surface area contributed by atoms with Crippen LogP contribution in [0, 0.1) is 0 Å². The topological polar surface area (TPSA) is 26.3 Å². The number of hydrogen-bond donors (Lipinski definition) is 0. The highest BCUT2D eigenvalue weighted by atomic mass is 35.5. The van der Waals surface area contributed by atoms with Crippen molar-refractivity contribution >= 4 is 34.3 Å². The Morgan fingerprint density at radius 3 is 2.14 bits per heavy atom. The first kappa shape index (κ1) is 7.69. The fraction of sp³-hybridized carbons (Fsp3) is 1.00. The summed E-state index contributed by atoms with van der Waals surface area (Å²) in [6, 6.07) is 0. The van der Waals surface area contributed by atoms with Gasteiger partial charge in [0.25, 0.3) is 0 Å². The minimum Gasteiger partial charge on any atom is -0.292 e. The zero-order valence-electron chi connectivity index (χ0n) is 3.56. The summed E-state index contributed by atoms with van der Waals surface area (Å²) in [5.74, 6) is 0. The molecule has 0 bridgehead atoms. The molecule has 0 aliphatic rings. The molecule has 2 nitrogen and oxygen atoms in total. The zero-order chi connectivity index (χ0) is 5.86. The molecule has 0 heterocycles. The van der Waals surface area contributed by atoms with Crippen molar-refractivity contribution in [3.63, 3.8) is 0 Å². The number of alkyl halides is 2. The molecule has 5 heteroatoms. The van der Waals surface area contributed by atoms with Gasteiger partial charge in [-0.05, 0) is 0 Å². The summed E-state index contributed by atoms with van der Waals surface area (Å²) in [5.41, 5.74) is 0. The van der Waals surface area contributed by atoms with Crippen molar-refractivity contribution in [2.75, 3.05) is 7.11 Å². The van der Waals surface area contributed by atoms with Gasteiger partial charge in [-0.1, -0.05) is 23.2 Å². The summed E-state index contributed by atoms with van der Waals surface area (Å²) in [5, 5.41) is 0. The van der Waals surface area contributed by atoms with E-state index in [4.69, 9.17) is 23.2 Å². The highest BCUT2D eigenvalue weighted by Crippen LogP contribution is 2.06. The van der Waals surface area contributed by atoms with E-state index in [2.05, 4.69) is 4.18 Å². The van der Waals surface area contributed by atoms with E-state index in [9.17, 15) is 4.21 Å². The molecular formula is C2H4Cl2O2S. The Bertz CT molecular complexity index is 74.1. The molecule has 0 aliphatic heterocycles. The van der Waals surface area contributed by atoms with Crippen LogP contribution in [-0.2, 0) is 15.3 Å². The third-order valence-electron chi connectivity index (χ3n) is 0.310. The van der Waals surface area contributed by atoms with Gasteiger partial charge < -0.3 is 0 Å². The summed E-state index contributed by atoms with van der Waals surface area (Å²) in [4.78, 5) is 0. The second-order valence-corrected chi connectivity index (χ2v) is 3.63. The van der Waals surface area contributed by atoms with Gasteiger partial charge in [-0.3, -0.25) is 4.18 Å². The number of hydrogen-bond acceptors (Lipinski definition) is 2. The van der Waals surface area contributed by atoms with Crippen LogP contribution in [-0.4, -0.2) is 15.5 Å². The Morgan fingerprint density at radius 2 is 2.14 bits per heavy atom. The highest BCUT2D eigenvalue weighted by molar-refractivity contribution is 7.83. The predicted molar refractivity (Wildman–Crippen MR) is 30.6 cm³/mol. The van der Waals surface area contributed by atoms with Crippen LogP contribution < -0.4 is 0 Å². The van der Waals surface area contributed by atoms with Crippen LogP contribution in [0.5, 0.6) is 0 Å². The summed E-state index contributed by atoms with van der Waals surface area (Å²) < 4.78 is 13.4. The van der Waals surface area contributed by atoms with E-state index >= 15 is 0 Å². The summed E-state index contributed by atoms with van der Waals surface area (Å²) in [7, 11) is 1.27. The largest absolute Gasteiger partial charge is 0.292 e. The Kier molecular flexibility index (Phi) is 4.02. The van der Waals surface area contributed by atoms with E-state index in [0.29, 0.717) is 0 Å².